The molecule has 0 heterocycles. The van der Waals surface area contributed by atoms with E-state index in [0.717, 1.165) is 6.07 Å². The van der Waals surface area contributed by atoms with E-state index in [9.17, 15) is 12.8 Å². The summed E-state index contributed by atoms with van der Waals surface area (Å²) in [5.41, 5.74) is 5.46. The van der Waals surface area contributed by atoms with E-state index < -0.39 is 15.8 Å². The second-order valence-electron chi connectivity index (χ2n) is 3.91. The summed E-state index contributed by atoms with van der Waals surface area (Å²) >= 11 is 8.87. The zero-order valence-corrected chi connectivity index (χ0v) is 13.1. The number of halogens is 3. The molecule has 20 heavy (non-hydrogen) atoms. The summed E-state index contributed by atoms with van der Waals surface area (Å²) in [7, 11) is -4.01. The maximum absolute atomic E-state index is 13.6. The van der Waals surface area contributed by atoms with Crippen molar-refractivity contribution in [2.45, 2.75) is 4.90 Å². The van der Waals surface area contributed by atoms with E-state index in [4.69, 9.17) is 17.3 Å². The Hall–Kier alpha value is -1.31. The molecule has 8 heteroatoms. The summed E-state index contributed by atoms with van der Waals surface area (Å²) in [6.45, 7) is 0. The number of hydrogen-bond acceptors (Lipinski definition) is 3. The van der Waals surface area contributed by atoms with E-state index >= 15 is 0 Å². The van der Waals surface area contributed by atoms with Gasteiger partial charge in [0.15, 0.2) is 0 Å². The van der Waals surface area contributed by atoms with Gasteiger partial charge in [-0.15, -0.1) is 0 Å². The minimum atomic E-state index is -4.01. The van der Waals surface area contributed by atoms with Crippen LogP contribution in [0.5, 0.6) is 0 Å². The third-order valence-electron chi connectivity index (χ3n) is 2.44. The summed E-state index contributed by atoms with van der Waals surface area (Å²) in [5.74, 6) is -0.730. The van der Waals surface area contributed by atoms with Crippen LogP contribution >= 0.6 is 27.5 Å². The number of nitrogen functional groups attached to an aromatic ring is 1. The Labute approximate surface area is 128 Å². The lowest BCUT2D eigenvalue weighted by atomic mass is 10.3. The van der Waals surface area contributed by atoms with Gasteiger partial charge in [0.2, 0.25) is 0 Å². The molecular weight excluding hydrogens is 371 g/mol. The van der Waals surface area contributed by atoms with Gasteiger partial charge in [-0.05, 0) is 36.4 Å². The number of nitrogens with one attached hydrogen (secondary N) is 1. The monoisotopic (exact) mass is 378 g/mol. The molecule has 0 unspecified atom stereocenters. The highest BCUT2D eigenvalue weighted by molar-refractivity contribution is 9.10. The molecule has 0 fully saturated rings. The summed E-state index contributed by atoms with van der Waals surface area (Å²) < 4.78 is 40.7. The topological polar surface area (TPSA) is 72.2 Å². The van der Waals surface area contributed by atoms with Gasteiger partial charge in [0, 0.05) is 9.50 Å². The molecule has 0 amide bonds. The van der Waals surface area contributed by atoms with E-state index in [1.165, 1.54) is 24.3 Å². The fraction of sp³-hybridized carbons (Fsp3) is 0. The molecule has 2 rings (SSSR count). The molecule has 0 aliphatic rings. The molecule has 0 bridgehead atoms. The van der Waals surface area contributed by atoms with Crippen molar-refractivity contribution >= 4 is 48.9 Å². The predicted octanol–water partition coefficient (Wildman–Crippen LogP) is 3.62. The van der Waals surface area contributed by atoms with Crippen molar-refractivity contribution in [3.05, 3.63) is 51.7 Å². The molecule has 0 radical (unpaired) electrons. The molecule has 4 nitrogen and oxygen atoms in total. The number of benzene rings is 2. The van der Waals surface area contributed by atoms with Crippen LogP contribution in [0.15, 0.2) is 45.8 Å². The van der Waals surface area contributed by atoms with Gasteiger partial charge < -0.3 is 5.73 Å². The first-order valence-electron chi connectivity index (χ1n) is 5.32. The zero-order valence-electron chi connectivity index (χ0n) is 9.90. The van der Waals surface area contributed by atoms with Crippen LogP contribution in [0, 0.1) is 5.82 Å². The van der Waals surface area contributed by atoms with Gasteiger partial charge in [0.1, 0.15) is 10.7 Å². The molecule has 2 aromatic rings. The van der Waals surface area contributed by atoms with Crippen molar-refractivity contribution in [1.82, 2.24) is 0 Å². The van der Waals surface area contributed by atoms with Gasteiger partial charge in [-0.25, -0.2) is 12.8 Å². The average Bonchev–Trinajstić information content (AvgIpc) is 2.36. The smallest absolute Gasteiger partial charge is 0.264 e. The van der Waals surface area contributed by atoms with Gasteiger partial charge in [0.25, 0.3) is 10.0 Å². The van der Waals surface area contributed by atoms with Gasteiger partial charge in [0.05, 0.1) is 11.4 Å². The third-order valence-corrected chi connectivity index (χ3v) is 4.59. The van der Waals surface area contributed by atoms with Crippen LogP contribution in [0.3, 0.4) is 0 Å². The highest BCUT2D eigenvalue weighted by Crippen LogP contribution is 2.27. The van der Waals surface area contributed by atoms with Gasteiger partial charge in [-0.2, -0.15) is 0 Å². The summed E-state index contributed by atoms with van der Waals surface area (Å²) in [5, 5.41) is 0.214. The Kier molecular flexibility index (Phi) is 4.22. The Morgan fingerprint density at radius 3 is 2.60 bits per heavy atom. The van der Waals surface area contributed by atoms with E-state index in [-0.39, 0.29) is 21.3 Å². The van der Waals surface area contributed by atoms with Crippen LogP contribution in [0.2, 0.25) is 5.02 Å². The zero-order chi connectivity index (χ0) is 14.9. The molecule has 3 N–H and O–H groups in total. The van der Waals surface area contributed by atoms with Crippen LogP contribution in [-0.4, -0.2) is 8.42 Å². The first kappa shape index (κ1) is 15.1. The number of sulfonamides is 1. The molecular formula is C12H9BrClFN2O2S. The number of hydrogen-bond donors (Lipinski definition) is 2. The Morgan fingerprint density at radius 1 is 1.20 bits per heavy atom. The Balaban J connectivity index is 2.46. The largest absolute Gasteiger partial charge is 0.398 e. The van der Waals surface area contributed by atoms with Crippen LogP contribution in [0.1, 0.15) is 0 Å². The first-order chi connectivity index (χ1) is 9.29. The molecule has 0 spiro atoms. The third kappa shape index (κ3) is 3.23. The molecule has 0 saturated heterocycles. The van der Waals surface area contributed by atoms with Crippen LogP contribution < -0.4 is 10.5 Å². The lowest BCUT2D eigenvalue weighted by Crippen LogP contribution is -2.15. The summed E-state index contributed by atoms with van der Waals surface area (Å²) in [6, 6.07) is 7.95. The minimum Gasteiger partial charge on any atom is -0.398 e. The second-order valence-corrected chi connectivity index (χ2v) is 6.91. The Bertz CT molecular complexity index is 768. The van der Waals surface area contributed by atoms with E-state index in [2.05, 4.69) is 20.7 Å². The molecule has 0 aliphatic heterocycles. The highest BCUT2D eigenvalue weighted by atomic mass is 79.9. The minimum absolute atomic E-state index is 0.0585. The second kappa shape index (κ2) is 5.59. The van der Waals surface area contributed by atoms with E-state index in [1.54, 1.807) is 6.07 Å². The Morgan fingerprint density at radius 2 is 1.90 bits per heavy atom. The highest BCUT2D eigenvalue weighted by Gasteiger charge is 2.19. The standard InChI is InChI=1S/C12H9BrClFN2O2S/c13-7-1-4-10(16)12(5-7)20(18,19)17-11-6-8(14)2-3-9(11)15/h1-6,17H,16H2. The maximum Gasteiger partial charge on any atom is 0.264 e. The summed E-state index contributed by atoms with van der Waals surface area (Å²) in [4.78, 5) is -0.147. The molecule has 0 aromatic heterocycles. The summed E-state index contributed by atoms with van der Waals surface area (Å²) in [6.07, 6.45) is 0. The number of nitrogens with two attached hydrogens (primary N) is 1. The average molecular weight is 380 g/mol. The van der Waals surface area contributed by atoms with E-state index in [1.807, 2.05) is 0 Å². The number of rotatable bonds is 3. The van der Waals surface area contributed by atoms with Gasteiger partial charge >= 0.3 is 0 Å². The lowest BCUT2D eigenvalue weighted by molar-refractivity contribution is 0.599. The molecule has 106 valence electrons. The first-order valence-corrected chi connectivity index (χ1v) is 7.98. The normalized spacial score (nSPS) is 11.3. The molecule has 0 atom stereocenters. The van der Waals surface area contributed by atoms with Crippen molar-refractivity contribution in [2.75, 3.05) is 10.5 Å². The SMILES string of the molecule is Nc1ccc(Br)cc1S(=O)(=O)Nc1cc(Cl)ccc1F. The van der Waals surface area contributed by atoms with Crippen molar-refractivity contribution in [1.29, 1.82) is 0 Å². The molecule has 0 saturated carbocycles. The van der Waals surface area contributed by atoms with Gasteiger partial charge in [-0.3, -0.25) is 4.72 Å². The molecule has 0 aliphatic carbocycles. The van der Waals surface area contributed by atoms with Crippen LogP contribution in [-0.2, 0) is 10.0 Å². The quantitative estimate of drug-likeness (QED) is 0.800. The van der Waals surface area contributed by atoms with Crippen LogP contribution in [0.4, 0.5) is 15.8 Å². The number of anilines is 2. The van der Waals surface area contributed by atoms with E-state index in [0.29, 0.717) is 4.47 Å². The van der Waals surface area contributed by atoms with Crippen molar-refractivity contribution in [2.24, 2.45) is 0 Å². The van der Waals surface area contributed by atoms with Crippen molar-refractivity contribution in [3.8, 4) is 0 Å². The van der Waals surface area contributed by atoms with Gasteiger partial charge in [-0.1, -0.05) is 27.5 Å². The lowest BCUT2D eigenvalue weighted by Gasteiger charge is -2.11. The maximum atomic E-state index is 13.6. The predicted molar refractivity (Wildman–Crippen MR) is 80.8 cm³/mol. The van der Waals surface area contributed by atoms with Crippen molar-refractivity contribution < 1.29 is 12.8 Å². The molecule has 2 aromatic carbocycles. The van der Waals surface area contributed by atoms with Crippen LogP contribution in [0.25, 0.3) is 0 Å². The fourth-order valence-electron chi connectivity index (χ4n) is 1.52. The fourth-order valence-corrected chi connectivity index (χ4v) is 3.42. The van der Waals surface area contributed by atoms with Crippen molar-refractivity contribution in [3.63, 3.8) is 0 Å².